The Morgan fingerprint density at radius 2 is 2.09 bits per heavy atom. The summed E-state index contributed by atoms with van der Waals surface area (Å²) in [5, 5.41) is 9.45. The van der Waals surface area contributed by atoms with Gasteiger partial charge in [0, 0.05) is 17.8 Å². The number of thiazole rings is 1. The van der Waals surface area contributed by atoms with Crippen molar-refractivity contribution in [3.05, 3.63) is 46.7 Å². The van der Waals surface area contributed by atoms with Gasteiger partial charge in [-0.25, -0.2) is 4.98 Å². The molecule has 2 N–H and O–H groups in total. The van der Waals surface area contributed by atoms with E-state index in [2.05, 4.69) is 20.6 Å². The first-order valence-corrected chi connectivity index (χ1v) is 8.48. The van der Waals surface area contributed by atoms with Crippen molar-refractivity contribution in [2.75, 3.05) is 6.54 Å². The van der Waals surface area contributed by atoms with Gasteiger partial charge < -0.3 is 5.32 Å². The second kappa shape index (κ2) is 6.98. The molecular weight excluding hydrogens is 296 g/mol. The molecule has 2 aromatic heterocycles. The molecule has 1 amide bonds. The fourth-order valence-electron chi connectivity index (χ4n) is 2.91. The lowest BCUT2D eigenvalue weighted by atomic mass is 9.98. The smallest absolute Gasteiger partial charge is 0.234 e. The van der Waals surface area contributed by atoms with E-state index in [1.54, 1.807) is 17.5 Å². The van der Waals surface area contributed by atoms with E-state index in [1.807, 2.05) is 29.8 Å². The average Bonchev–Trinajstić information content (AvgIpc) is 3.24. The number of carbonyl (C=O) groups is 1. The number of amides is 1. The molecule has 0 aromatic carbocycles. The maximum Gasteiger partial charge on any atom is 0.234 e. The lowest BCUT2D eigenvalue weighted by molar-refractivity contribution is -0.120. The zero-order chi connectivity index (χ0) is 15.3. The van der Waals surface area contributed by atoms with Crippen LogP contribution in [-0.4, -0.2) is 22.4 Å². The molecule has 0 aliphatic heterocycles. The summed E-state index contributed by atoms with van der Waals surface area (Å²) in [6, 6.07) is 5.69. The van der Waals surface area contributed by atoms with Gasteiger partial charge in [-0.3, -0.25) is 15.1 Å². The molecule has 0 bridgehead atoms. The molecule has 0 unspecified atom stereocenters. The van der Waals surface area contributed by atoms with Crippen molar-refractivity contribution in [3.63, 3.8) is 0 Å². The predicted molar refractivity (Wildman–Crippen MR) is 86.3 cm³/mol. The Balaban J connectivity index is 1.53. The normalized spacial score (nSPS) is 16.5. The highest BCUT2D eigenvalue weighted by Gasteiger charge is 2.37. The zero-order valence-electron chi connectivity index (χ0n) is 12.4. The van der Waals surface area contributed by atoms with E-state index < -0.39 is 0 Å². The Morgan fingerprint density at radius 3 is 2.77 bits per heavy atom. The molecule has 5 nitrogen and oxygen atoms in total. The minimum atomic E-state index is -0.115. The van der Waals surface area contributed by atoms with Gasteiger partial charge in [-0.2, -0.15) is 0 Å². The molecule has 116 valence electrons. The summed E-state index contributed by atoms with van der Waals surface area (Å²) in [5.41, 5.74) is 0.752. The molecule has 0 atom stereocenters. The van der Waals surface area contributed by atoms with E-state index in [0.29, 0.717) is 13.1 Å². The fourth-order valence-corrected chi connectivity index (χ4v) is 3.78. The molecule has 2 aromatic rings. The Hall–Kier alpha value is -1.79. The number of nitrogens with one attached hydrogen (secondary N) is 2. The standard InChI is InChI=1S/C16H20N4OS/c21-14(19-11-13-5-1-4-8-17-13)12-20-16(6-2-3-7-16)15-18-9-10-22-15/h1,4-5,8-10,20H,2-3,6-7,11-12H2,(H,19,21). The Labute approximate surface area is 134 Å². The molecule has 1 saturated carbocycles. The lowest BCUT2D eigenvalue weighted by Gasteiger charge is -2.28. The molecule has 22 heavy (non-hydrogen) atoms. The largest absolute Gasteiger partial charge is 0.349 e. The van der Waals surface area contributed by atoms with Crippen LogP contribution in [0.4, 0.5) is 0 Å². The first-order chi connectivity index (χ1) is 10.8. The maximum atomic E-state index is 12.1. The van der Waals surface area contributed by atoms with Gasteiger partial charge in [-0.05, 0) is 25.0 Å². The number of pyridine rings is 1. The first-order valence-electron chi connectivity index (χ1n) is 7.60. The van der Waals surface area contributed by atoms with Crippen LogP contribution in [0.5, 0.6) is 0 Å². The highest BCUT2D eigenvalue weighted by atomic mass is 32.1. The lowest BCUT2D eigenvalue weighted by Crippen LogP contribution is -2.45. The molecule has 1 fully saturated rings. The highest BCUT2D eigenvalue weighted by Crippen LogP contribution is 2.39. The number of nitrogens with zero attached hydrogens (tertiary/aromatic N) is 2. The van der Waals surface area contributed by atoms with Crippen molar-refractivity contribution < 1.29 is 4.79 Å². The Kier molecular flexibility index (Phi) is 4.80. The minimum absolute atomic E-state index is 0.00603. The summed E-state index contributed by atoms with van der Waals surface area (Å²) in [4.78, 5) is 20.7. The Morgan fingerprint density at radius 1 is 1.23 bits per heavy atom. The summed E-state index contributed by atoms with van der Waals surface area (Å²) in [5.74, 6) is -0.00603. The molecule has 2 heterocycles. The molecule has 1 aliphatic carbocycles. The van der Waals surface area contributed by atoms with Crippen LogP contribution in [-0.2, 0) is 16.9 Å². The number of hydrogen-bond donors (Lipinski definition) is 2. The zero-order valence-corrected chi connectivity index (χ0v) is 13.2. The number of hydrogen-bond acceptors (Lipinski definition) is 5. The van der Waals surface area contributed by atoms with Gasteiger partial charge in [0.15, 0.2) is 0 Å². The summed E-state index contributed by atoms with van der Waals surface area (Å²) >= 11 is 1.67. The van der Waals surface area contributed by atoms with Crippen LogP contribution in [0.15, 0.2) is 36.0 Å². The summed E-state index contributed by atoms with van der Waals surface area (Å²) < 4.78 is 0. The van der Waals surface area contributed by atoms with Crippen LogP contribution in [0.2, 0.25) is 0 Å². The summed E-state index contributed by atoms with van der Waals surface area (Å²) in [6.45, 7) is 0.776. The van der Waals surface area contributed by atoms with Crippen LogP contribution < -0.4 is 10.6 Å². The van der Waals surface area contributed by atoms with Crippen molar-refractivity contribution >= 4 is 17.2 Å². The van der Waals surface area contributed by atoms with Gasteiger partial charge in [-0.1, -0.05) is 18.9 Å². The summed E-state index contributed by atoms with van der Waals surface area (Å²) in [6.07, 6.45) is 8.03. The van der Waals surface area contributed by atoms with Crippen LogP contribution in [0.3, 0.4) is 0 Å². The molecule has 1 aliphatic rings. The first kappa shape index (κ1) is 15.1. The molecule has 0 spiro atoms. The minimum Gasteiger partial charge on any atom is -0.349 e. The number of aromatic nitrogens is 2. The monoisotopic (exact) mass is 316 g/mol. The van der Waals surface area contributed by atoms with E-state index in [0.717, 1.165) is 23.5 Å². The summed E-state index contributed by atoms with van der Waals surface area (Å²) in [7, 11) is 0. The van der Waals surface area contributed by atoms with Gasteiger partial charge >= 0.3 is 0 Å². The number of rotatable bonds is 6. The van der Waals surface area contributed by atoms with E-state index in [4.69, 9.17) is 0 Å². The third kappa shape index (κ3) is 3.51. The van der Waals surface area contributed by atoms with Crippen molar-refractivity contribution in [1.82, 2.24) is 20.6 Å². The van der Waals surface area contributed by atoms with Gasteiger partial charge in [0.05, 0.1) is 24.3 Å². The second-order valence-corrected chi connectivity index (χ2v) is 6.47. The van der Waals surface area contributed by atoms with Crippen molar-refractivity contribution in [1.29, 1.82) is 0 Å². The molecule has 6 heteroatoms. The van der Waals surface area contributed by atoms with Crippen LogP contribution in [0.25, 0.3) is 0 Å². The fraction of sp³-hybridized carbons (Fsp3) is 0.438. The average molecular weight is 316 g/mol. The van der Waals surface area contributed by atoms with Crippen LogP contribution >= 0.6 is 11.3 Å². The SMILES string of the molecule is O=C(CNC1(c2nccs2)CCCC1)NCc1ccccn1. The molecule has 0 saturated heterocycles. The quantitative estimate of drug-likeness (QED) is 0.857. The number of carbonyl (C=O) groups excluding carboxylic acids is 1. The van der Waals surface area contributed by atoms with Gasteiger partial charge in [0.2, 0.25) is 5.91 Å². The van der Waals surface area contributed by atoms with E-state index in [1.165, 1.54) is 12.8 Å². The van der Waals surface area contributed by atoms with Gasteiger partial charge in [0.1, 0.15) is 5.01 Å². The van der Waals surface area contributed by atoms with E-state index in [9.17, 15) is 4.79 Å². The molecule has 3 rings (SSSR count). The second-order valence-electron chi connectivity index (χ2n) is 5.58. The van der Waals surface area contributed by atoms with Crippen molar-refractivity contribution in [2.24, 2.45) is 0 Å². The van der Waals surface area contributed by atoms with E-state index in [-0.39, 0.29) is 11.4 Å². The predicted octanol–water partition coefficient (Wildman–Crippen LogP) is 2.21. The Bertz CT molecular complexity index is 594. The van der Waals surface area contributed by atoms with Gasteiger partial charge in [-0.15, -0.1) is 11.3 Å². The molecule has 0 radical (unpaired) electrons. The maximum absolute atomic E-state index is 12.1. The third-order valence-corrected chi connectivity index (χ3v) is 5.06. The molecular formula is C16H20N4OS. The van der Waals surface area contributed by atoms with Crippen molar-refractivity contribution in [3.8, 4) is 0 Å². The van der Waals surface area contributed by atoms with Crippen LogP contribution in [0.1, 0.15) is 36.4 Å². The van der Waals surface area contributed by atoms with Crippen LogP contribution in [0, 0.1) is 0 Å². The third-order valence-electron chi connectivity index (χ3n) is 4.08. The highest BCUT2D eigenvalue weighted by molar-refractivity contribution is 7.09. The van der Waals surface area contributed by atoms with Gasteiger partial charge in [0.25, 0.3) is 0 Å². The topological polar surface area (TPSA) is 66.9 Å². The van der Waals surface area contributed by atoms with Crippen molar-refractivity contribution in [2.45, 2.75) is 37.8 Å². The van der Waals surface area contributed by atoms with E-state index >= 15 is 0 Å².